The summed E-state index contributed by atoms with van der Waals surface area (Å²) in [6, 6.07) is 3.36. The van der Waals surface area contributed by atoms with E-state index in [0.29, 0.717) is 24.2 Å². The molecule has 1 amide bonds. The second-order valence-corrected chi connectivity index (χ2v) is 8.17. The summed E-state index contributed by atoms with van der Waals surface area (Å²) in [7, 11) is 4.63. The van der Waals surface area contributed by atoms with Gasteiger partial charge in [-0.2, -0.15) is 0 Å². The smallest absolute Gasteiger partial charge is 0.262 e. The number of rotatable bonds is 2. The summed E-state index contributed by atoms with van der Waals surface area (Å²) in [6.45, 7) is 0. The van der Waals surface area contributed by atoms with Crippen molar-refractivity contribution in [3.8, 4) is 0 Å². The van der Waals surface area contributed by atoms with Crippen LogP contribution in [0.4, 0.5) is 0 Å². The van der Waals surface area contributed by atoms with Crippen LogP contribution in [0.2, 0.25) is 0 Å². The zero-order chi connectivity index (χ0) is 16.9. The first-order valence-electron chi connectivity index (χ1n) is 6.91. The number of carbonyl (C=O) groups excluding carboxylic acids is 1. The van der Waals surface area contributed by atoms with Crippen LogP contribution >= 0.6 is 10.7 Å². The third-order valence-electron chi connectivity index (χ3n) is 3.91. The van der Waals surface area contributed by atoms with Gasteiger partial charge in [0.25, 0.3) is 14.6 Å². The third-order valence-corrected chi connectivity index (χ3v) is 5.26. The van der Waals surface area contributed by atoms with Crippen LogP contribution in [0.25, 0.3) is 10.9 Å². The van der Waals surface area contributed by atoms with Gasteiger partial charge in [0.2, 0.25) is 5.91 Å². The van der Waals surface area contributed by atoms with Gasteiger partial charge in [-0.05, 0) is 24.6 Å². The number of halogens is 1. The molecule has 1 aliphatic rings. The first kappa shape index (κ1) is 15.9. The van der Waals surface area contributed by atoms with Gasteiger partial charge in [-0.25, -0.2) is 13.4 Å². The van der Waals surface area contributed by atoms with E-state index in [1.54, 1.807) is 14.1 Å². The van der Waals surface area contributed by atoms with Crippen LogP contribution < -0.4 is 5.56 Å². The Balaban J connectivity index is 2.26. The zero-order valence-electron chi connectivity index (χ0n) is 12.5. The molecule has 0 fully saturated rings. The fraction of sp³-hybridized carbons (Fsp3) is 0.357. The molecule has 0 aliphatic carbocycles. The van der Waals surface area contributed by atoms with E-state index in [1.165, 1.54) is 27.7 Å². The molecule has 23 heavy (non-hydrogen) atoms. The monoisotopic (exact) mass is 355 g/mol. The molecule has 0 bridgehead atoms. The van der Waals surface area contributed by atoms with Crippen LogP contribution in [-0.2, 0) is 20.3 Å². The van der Waals surface area contributed by atoms with E-state index in [1.807, 2.05) is 0 Å². The van der Waals surface area contributed by atoms with Crippen molar-refractivity contribution in [3.05, 3.63) is 34.4 Å². The average Bonchev–Trinajstić information content (AvgIpc) is 2.89. The Morgan fingerprint density at radius 2 is 2.09 bits per heavy atom. The van der Waals surface area contributed by atoms with Crippen LogP contribution in [0.3, 0.4) is 0 Å². The van der Waals surface area contributed by atoms with E-state index in [2.05, 4.69) is 4.98 Å². The molecule has 0 spiro atoms. The normalized spacial score (nSPS) is 17.3. The molecule has 0 N–H and O–H groups in total. The van der Waals surface area contributed by atoms with Crippen molar-refractivity contribution in [1.29, 1.82) is 0 Å². The molecule has 3 rings (SSSR count). The number of hydrogen-bond donors (Lipinski definition) is 0. The molecule has 7 nitrogen and oxygen atoms in total. The van der Waals surface area contributed by atoms with Crippen molar-refractivity contribution in [3.63, 3.8) is 0 Å². The van der Waals surface area contributed by atoms with Crippen molar-refractivity contribution in [2.24, 2.45) is 0 Å². The number of amides is 1. The topological polar surface area (TPSA) is 89.3 Å². The summed E-state index contributed by atoms with van der Waals surface area (Å²) in [5, 5.41) is 0.133. The molecule has 2 heterocycles. The predicted octanol–water partition coefficient (Wildman–Crippen LogP) is 0.899. The van der Waals surface area contributed by atoms with Crippen molar-refractivity contribution in [1.82, 2.24) is 14.5 Å². The summed E-state index contributed by atoms with van der Waals surface area (Å²) in [6.07, 6.45) is 1.02. The Hall–Kier alpha value is -1.93. The molecule has 9 heteroatoms. The lowest BCUT2D eigenvalue weighted by Crippen LogP contribution is -2.35. The highest BCUT2D eigenvalue weighted by molar-refractivity contribution is 8.13. The lowest BCUT2D eigenvalue weighted by Gasteiger charge is -2.18. The van der Waals surface area contributed by atoms with Crippen LogP contribution in [-0.4, -0.2) is 42.9 Å². The highest BCUT2D eigenvalue weighted by Gasteiger charge is 2.32. The molecule has 0 unspecified atom stereocenters. The van der Waals surface area contributed by atoms with Crippen LogP contribution in [0.5, 0.6) is 0 Å². The van der Waals surface area contributed by atoms with E-state index >= 15 is 0 Å². The van der Waals surface area contributed by atoms with Crippen LogP contribution in [0, 0.1) is 0 Å². The van der Waals surface area contributed by atoms with Gasteiger partial charge in [-0.3, -0.25) is 14.2 Å². The minimum Gasteiger partial charge on any atom is -0.347 e. The maximum atomic E-state index is 12.8. The Bertz CT molecular complexity index is 981. The Morgan fingerprint density at radius 3 is 2.70 bits per heavy atom. The van der Waals surface area contributed by atoms with E-state index < -0.39 is 20.7 Å². The van der Waals surface area contributed by atoms with Crippen molar-refractivity contribution in [2.75, 3.05) is 14.1 Å². The highest BCUT2D eigenvalue weighted by atomic mass is 35.7. The Morgan fingerprint density at radius 1 is 1.39 bits per heavy atom. The molecule has 2 aromatic rings. The molecule has 1 aliphatic heterocycles. The molecule has 1 atom stereocenters. The third kappa shape index (κ3) is 2.61. The van der Waals surface area contributed by atoms with E-state index in [-0.39, 0.29) is 16.2 Å². The fourth-order valence-corrected chi connectivity index (χ4v) is 3.58. The van der Waals surface area contributed by atoms with Crippen LogP contribution in [0.15, 0.2) is 27.9 Å². The lowest BCUT2D eigenvalue weighted by molar-refractivity contribution is -0.132. The maximum Gasteiger partial charge on any atom is 0.262 e. The van der Waals surface area contributed by atoms with E-state index in [9.17, 15) is 18.0 Å². The molecule has 122 valence electrons. The minimum absolute atomic E-state index is 0.133. The van der Waals surface area contributed by atoms with E-state index in [4.69, 9.17) is 10.7 Å². The number of nitrogens with zero attached hydrogens (tertiary/aromatic N) is 3. The van der Waals surface area contributed by atoms with Gasteiger partial charge in [0.15, 0.2) is 0 Å². The number of aryl methyl sites for hydroxylation is 1. The summed E-state index contributed by atoms with van der Waals surface area (Å²) in [5.74, 6) is 0.345. The predicted molar refractivity (Wildman–Crippen MR) is 85.1 cm³/mol. The molecule has 1 aromatic carbocycles. The second-order valence-electron chi connectivity index (χ2n) is 5.61. The van der Waals surface area contributed by atoms with Crippen molar-refractivity contribution < 1.29 is 13.2 Å². The van der Waals surface area contributed by atoms with Gasteiger partial charge in [0.05, 0.1) is 15.8 Å². The maximum absolute atomic E-state index is 12.8. The van der Waals surface area contributed by atoms with Gasteiger partial charge in [0, 0.05) is 31.2 Å². The second kappa shape index (κ2) is 5.31. The molecule has 1 aromatic heterocycles. The van der Waals surface area contributed by atoms with Gasteiger partial charge in [-0.15, -0.1) is 0 Å². The zero-order valence-corrected chi connectivity index (χ0v) is 14.1. The standard InChI is InChI=1S/C14H14ClN3O4S/c1-17(2)14(20)11-5-6-12-16-10-4-3-8(23(15,21)22)7-9(10)13(19)18(11)12/h3-4,7,11H,5-6H2,1-2H3/t11-/m0/s1. The largest absolute Gasteiger partial charge is 0.347 e. The number of aromatic nitrogens is 2. The number of fused-ring (bicyclic) bond motifs is 2. The summed E-state index contributed by atoms with van der Waals surface area (Å²) in [5.41, 5.74) is -0.0341. The number of likely N-dealkylation sites (N-methyl/N-ethyl adjacent to an activating group) is 1. The van der Waals surface area contributed by atoms with Gasteiger partial charge in [-0.1, -0.05) is 0 Å². The lowest BCUT2D eigenvalue weighted by atomic mass is 10.2. The van der Waals surface area contributed by atoms with Gasteiger partial charge in [0.1, 0.15) is 11.9 Å². The number of hydrogen-bond acceptors (Lipinski definition) is 5. The quantitative estimate of drug-likeness (QED) is 0.747. The number of carbonyl (C=O) groups is 1. The molecule has 0 saturated heterocycles. The Kier molecular flexibility index (Phi) is 3.68. The Labute approximate surface area is 136 Å². The van der Waals surface area contributed by atoms with Gasteiger partial charge < -0.3 is 4.90 Å². The van der Waals surface area contributed by atoms with E-state index in [0.717, 1.165) is 0 Å². The molecule has 0 saturated carbocycles. The minimum atomic E-state index is -3.95. The highest BCUT2D eigenvalue weighted by Crippen LogP contribution is 2.26. The molecule has 0 radical (unpaired) electrons. The molecular weight excluding hydrogens is 342 g/mol. The SMILES string of the molecule is CN(C)C(=O)[C@@H]1CCc2nc3ccc(S(=O)(=O)Cl)cc3c(=O)n21. The summed E-state index contributed by atoms with van der Waals surface area (Å²) in [4.78, 5) is 30.6. The number of benzene rings is 1. The van der Waals surface area contributed by atoms with Crippen molar-refractivity contribution >= 4 is 36.5 Å². The van der Waals surface area contributed by atoms with Gasteiger partial charge >= 0.3 is 0 Å². The molecular formula is C14H14ClN3O4S. The van der Waals surface area contributed by atoms with Crippen molar-refractivity contribution in [2.45, 2.75) is 23.8 Å². The summed E-state index contributed by atoms with van der Waals surface area (Å²) < 4.78 is 24.3. The first-order valence-corrected chi connectivity index (χ1v) is 9.22. The first-order chi connectivity index (χ1) is 10.7. The average molecular weight is 356 g/mol. The summed E-state index contributed by atoms with van der Waals surface area (Å²) >= 11 is 0. The fourth-order valence-electron chi connectivity index (χ4n) is 2.80. The van der Waals surface area contributed by atoms with Crippen LogP contribution in [0.1, 0.15) is 18.3 Å².